The molecular formula is C19H18N6OS. The van der Waals surface area contributed by atoms with Gasteiger partial charge in [0.15, 0.2) is 5.00 Å². The molecule has 1 aromatic heterocycles. The highest BCUT2D eigenvalue weighted by atomic mass is 32.1. The molecular weight excluding hydrogens is 360 g/mol. The molecule has 2 aromatic carbocycles. The number of carbonyl (C=O) groups is 1. The normalized spacial score (nSPS) is 14.2. The highest BCUT2D eigenvalue weighted by molar-refractivity contribution is 7.10. The van der Waals surface area contributed by atoms with Crippen LogP contribution < -0.4 is 21.7 Å². The number of nitrogen functional groups attached to an aromatic ring is 1. The maximum Gasteiger partial charge on any atom is 0.260 e. The lowest BCUT2D eigenvalue weighted by atomic mass is 10.2. The Hall–Kier alpha value is -3.39. The van der Waals surface area contributed by atoms with E-state index in [1.807, 2.05) is 24.3 Å². The van der Waals surface area contributed by atoms with Crippen LogP contribution in [0.1, 0.15) is 16.1 Å². The molecule has 3 aromatic rings. The number of amides is 1. The summed E-state index contributed by atoms with van der Waals surface area (Å²) in [6.45, 7) is 2.35. The smallest absolute Gasteiger partial charge is 0.260 e. The third-order valence-electron chi connectivity index (χ3n) is 4.11. The SMILES string of the molecule is Cc1nsc(N=C2CNc3ccccc3N2)c1C(=O)Nc1cccc(N)c1. The molecule has 0 saturated heterocycles. The molecule has 0 atom stereocenters. The number of carbonyl (C=O) groups excluding carboxylic acids is 1. The fourth-order valence-electron chi connectivity index (χ4n) is 2.82. The van der Waals surface area contributed by atoms with Crippen molar-refractivity contribution in [2.24, 2.45) is 4.99 Å². The zero-order valence-corrected chi connectivity index (χ0v) is 15.4. The summed E-state index contributed by atoms with van der Waals surface area (Å²) in [5.41, 5.74) is 10.1. The molecule has 0 radical (unpaired) electrons. The summed E-state index contributed by atoms with van der Waals surface area (Å²) in [7, 11) is 0. The number of aliphatic imine (C=N–C) groups is 1. The van der Waals surface area contributed by atoms with Crippen molar-refractivity contribution in [1.29, 1.82) is 0 Å². The van der Waals surface area contributed by atoms with E-state index in [1.165, 1.54) is 11.5 Å². The monoisotopic (exact) mass is 378 g/mol. The molecule has 1 aliphatic rings. The lowest BCUT2D eigenvalue weighted by Crippen LogP contribution is -2.27. The molecule has 0 unspecified atom stereocenters. The summed E-state index contributed by atoms with van der Waals surface area (Å²) < 4.78 is 4.31. The molecule has 1 amide bonds. The number of aryl methyl sites for hydroxylation is 1. The first-order valence-electron chi connectivity index (χ1n) is 8.41. The van der Waals surface area contributed by atoms with Gasteiger partial charge in [-0.05, 0) is 48.8 Å². The van der Waals surface area contributed by atoms with Crippen molar-refractivity contribution in [1.82, 2.24) is 4.37 Å². The second-order valence-corrected chi connectivity index (χ2v) is 6.86. The molecule has 0 bridgehead atoms. The van der Waals surface area contributed by atoms with Crippen LogP contribution in [-0.4, -0.2) is 22.7 Å². The Morgan fingerprint density at radius 1 is 1.22 bits per heavy atom. The largest absolute Gasteiger partial charge is 0.399 e. The van der Waals surface area contributed by atoms with Gasteiger partial charge in [-0.2, -0.15) is 4.37 Å². The summed E-state index contributed by atoms with van der Waals surface area (Å²) in [6.07, 6.45) is 0. The molecule has 7 nitrogen and oxygen atoms in total. The quantitative estimate of drug-likeness (QED) is 0.518. The minimum Gasteiger partial charge on any atom is -0.399 e. The van der Waals surface area contributed by atoms with Crippen LogP contribution in [0.25, 0.3) is 0 Å². The van der Waals surface area contributed by atoms with Gasteiger partial charge in [0.25, 0.3) is 5.91 Å². The molecule has 2 heterocycles. The number of hydrogen-bond acceptors (Lipinski definition) is 6. The third kappa shape index (κ3) is 3.61. The predicted molar refractivity (Wildman–Crippen MR) is 111 cm³/mol. The van der Waals surface area contributed by atoms with E-state index in [9.17, 15) is 4.79 Å². The topological polar surface area (TPSA) is 104 Å². The summed E-state index contributed by atoms with van der Waals surface area (Å²) >= 11 is 1.20. The molecule has 0 aliphatic carbocycles. The van der Waals surface area contributed by atoms with Gasteiger partial charge in [-0.25, -0.2) is 4.99 Å². The van der Waals surface area contributed by atoms with E-state index in [-0.39, 0.29) is 5.91 Å². The number of para-hydroxylation sites is 2. The Morgan fingerprint density at radius 2 is 2.04 bits per heavy atom. The second-order valence-electron chi connectivity index (χ2n) is 6.11. The highest BCUT2D eigenvalue weighted by Gasteiger charge is 2.20. The van der Waals surface area contributed by atoms with E-state index in [2.05, 4.69) is 25.3 Å². The number of nitrogens with zero attached hydrogens (tertiary/aromatic N) is 2. The fourth-order valence-corrected chi connectivity index (χ4v) is 3.62. The number of benzene rings is 2. The number of aromatic nitrogens is 1. The average molecular weight is 378 g/mol. The van der Waals surface area contributed by atoms with Gasteiger partial charge in [0.05, 0.1) is 29.2 Å². The van der Waals surface area contributed by atoms with Crippen molar-refractivity contribution in [3.8, 4) is 0 Å². The zero-order valence-electron chi connectivity index (χ0n) is 14.6. The van der Waals surface area contributed by atoms with E-state index in [0.29, 0.717) is 34.2 Å². The van der Waals surface area contributed by atoms with Crippen LogP contribution >= 0.6 is 11.5 Å². The van der Waals surface area contributed by atoms with Crippen LogP contribution in [-0.2, 0) is 0 Å². The van der Waals surface area contributed by atoms with Gasteiger partial charge in [0.1, 0.15) is 5.84 Å². The minimum atomic E-state index is -0.254. The molecule has 0 fully saturated rings. The van der Waals surface area contributed by atoms with Crippen molar-refractivity contribution in [3.63, 3.8) is 0 Å². The number of nitrogens with one attached hydrogen (secondary N) is 3. The Kier molecular flexibility index (Phi) is 4.47. The first-order valence-corrected chi connectivity index (χ1v) is 9.18. The van der Waals surface area contributed by atoms with Crippen molar-refractivity contribution < 1.29 is 4.79 Å². The summed E-state index contributed by atoms with van der Waals surface area (Å²) in [5.74, 6) is 0.478. The number of anilines is 4. The molecule has 136 valence electrons. The number of rotatable bonds is 3. The average Bonchev–Trinajstić information content (AvgIpc) is 3.02. The molecule has 27 heavy (non-hydrogen) atoms. The number of nitrogens with two attached hydrogens (primary N) is 1. The first kappa shape index (κ1) is 17.0. The zero-order chi connectivity index (χ0) is 18.8. The predicted octanol–water partition coefficient (Wildman–Crippen LogP) is 3.85. The van der Waals surface area contributed by atoms with Crippen molar-refractivity contribution in [2.45, 2.75) is 6.92 Å². The molecule has 0 saturated carbocycles. The maximum absolute atomic E-state index is 12.8. The Balaban J connectivity index is 1.60. The number of amidine groups is 1. The minimum absolute atomic E-state index is 0.254. The molecule has 1 aliphatic heterocycles. The van der Waals surface area contributed by atoms with Gasteiger partial charge in [-0.3, -0.25) is 4.79 Å². The lowest BCUT2D eigenvalue weighted by Gasteiger charge is -2.21. The fraction of sp³-hybridized carbons (Fsp3) is 0.105. The lowest BCUT2D eigenvalue weighted by molar-refractivity contribution is 0.102. The van der Waals surface area contributed by atoms with Crippen LogP contribution in [0.3, 0.4) is 0 Å². The van der Waals surface area contributed by atoms with Crippen molar-refractivity contribution >= 4 is 51.0 Å². The van der Waals surface area contributed by atoms with Gasteiger partial charge in [-0.1, -0.05) is 18.2 Å². The molecule has 4 rings (SSSR count). The maximum atomic E-state index is 12.8. The second kappa shape index (κ2) is 7.08. The summed E-state index contributed by atoms with van der Waals surface area (Å²) in [4.78, 5) is 17.4. The third-order valence-corrected chi connectivity index (χ3v) is 4.94. The van der Waals surface area contributed by atoms with E-state index in [0.717, 1.165) is 17.2 Å². The van der Waals surface area contributed by atoms with E-state index in [1.54, 1.807) is 31.2 Å². The number of fused-ring (bicyclic) bond motifs is 1. The Labute approximate surface area is 160 Å². The Morgan fingerprint density at radius 3 is 2.85 bits per heavy atom. The summed E-state index contributed by atoms with van der Waals surface area (Å²) in [5, 5.41) is 10.0. The summed E-state index contributed by atoms with van der Waals surface area (Å²) in [6, 6.07) is 15.0. The van der Waals surface area contributed by atoms with Crippen LogP contribution in [0.15, 0.2) is 53.5 Å². The van der Waals surface area contributed by atoms with Crippen LogP contribution in [0.2, 0.25) is 0 Å². The van der Waals surface area contributed by atoms with Gasteiger partial charge in [0.2, 0.25) is 0 Å². The van der Waals surface area contributed by atoms with Crippen molar-refractivity contribution in [2.75, 3.05) is 28.2 Å². The van der Waals surface area contributed by atoms with E-state index in [4.69, 9.17) is 5.73 Å². The van der Waals surface area contributed by atoms with E-state index < -0.39 is 0 Å². The standard InChI is InChI=1S/C19H18N6OS/c1-11-17(18(26)22-13-6-4-5-12(20)9-13)19(27-25-11)24-16-10-21-14-7-2-3-8-15(14)23-16/h2-9,21H,10,20H2,1H3,(H,22,26)(H,23,24). The van der Waals surface area contributed by atoms with Gasteiger partial charge in [-0.15, -0.1) is 0 Å². The van der Waals surface area contributed by atoms with Crippen LogP contribution in [0.5, 0.6) is 0 Å². The van der Waals surface area contributed by atoms with Crippen LogP contribution in [0.4, 0.5) is 27.8 Å². The van der Waals surface area contributed by atoms with Gasteiger partial charge < -0.3 is 21.7 Å². The van der Waals surface area contributed by atoms with Crippen molar-refractivity contribution in [3.05, 3.63) is 59.8 Å². The van der Waals surface area contributed by atoms with E-state index >= 15 is 0 Å². The first-order chi connectivity index (χ1) is 13.1. The highest BCUT2D eigenvalue weighted by Crippen LogP contribution is 2.30. The molecule has 5 N–H and O–H groups in total. The molecule has 0 spiro atoms. The number of hydrogen-bond donors (Lipinski definition) is 4. The van der Waals surface area contributed by atoms with Crippen LogP contribution in [0, 0.1) is 6.92 Å². The van der Waals surface area contributed by atoms with Gasteiger partial charge in [0, 0.05) is 11.4 Å². The Bertz CT molecular complexity index is 1040. The van der Waals surface area contributed by atoms with Gasteiger partial charge >= 0.3 is 0 Å². The molecule has 8 heteroatoms.